The first-order chi connectivity index (χ1) is 61.3. The minimum atomic E-state index is -1.31. The van der Waals surface area contributed by atoms with Crippen LogP contribution >= 0.6 is 47.0 Å². The number of nitrogens with zero attached hydrogens (tertiary/aromatic N) is 11. The first-order valence-electron chi connectivity index (χ1n) is 38.9. The van der Waals surface area contributed by atoms with Gasteiger partial charge < -0.3 is 62.3 Å². The summed E-state index contributed by atoms with van der Waals surface area (Å²) in [7, 11) is 3.17. The summed E-state index contributed by atoms with van der Waals surface area (Å²) in [6.07, 6.45) is -3.06. The number of aromatic amines is 1. The molecule has 0 saturated carbocycles. The van der Waals surface area contributed by atoms with Gasteiger partial charge >= 0.3 is 0 Å². The van der Waals surface area contributed by atoms with Crippen LogP contribution in [0.15, 0.2) is 133 Å². The zero-order valence-electron chi connectivity index (χ0n) is 70.1. The predicted molar refractivity (Wildman–Crippen MR) is 461 cm³/mol. The number of ether oxygens (including phenoxy) is 2. The summed E-state index contributed by atoms with van der Waals surface area (Å²) in [5.74, 6) is -1.29. The van der Waals surface area contributed by atoms with Crippen molar-refractivity contribution in [2.75, 3.05) is 63.2 Å². The van der Waals surface area contributed by atoms with Crippen LogP contribution in [0, 0.1) is 109 Å². The van der Waals surface area contributed by atoms with Crippen molar-refractivity contribution < 1.29 is 122 Å². The summed E-state index contributed by atoms with van der Waals surface area (Å²) < 4.78 is 16.2. The molecule has 2 aliphatic rings. The molecule has 0 aliphatic carbocycles. The van der Waals surface area contributed by atoms with Crippen molar-refractivity contribution in [2.24, 2.45) is 7.05 Å². The van der Waals surface area contributed by atoms with Crippen LogP contribution in [0.1, 0.15) is 138 Å². The normalized spacial score (nSPS) is 14.3. The molecular formula is C80H86N12O33S4. The number of methoxy groups -OCH3 is 1. The van der Waals surface area contributed by atoms with Crippen molar-refractivity contribution in [3.63, 3.8) is 0 Å². The highest BCUT2D eigenvalue weighted by molar-refractivity contribution is 8.14. The largest absolute Gasteiger partial charge is 0.497 e. The summed E-state index contributed by atoms with van der Waals surface area (Å²) in [6, 6.07) is 39.5. The number of para-hydroxylation sites is 1. The Labute approximate surface area is 747 Å². The molecule has 1 N–H and O–H groups in total. The van der Waals surface area contributed by atoms with Crippen molar-refractivity contribution >= 4 is 107 Å². The average molecular weight is 1870 g/mol. The first kappa shape index (κ1) is 101. The van der Waals surface area contributed by atoms with Gasteiger partial charge in [-0.1, -0.05) is 156 Å². The second kappa shape index (κ2) is 47.7. The Kier molecular flexibility index (Phi) is 37.2. The van der Waals surface area contributed by atoms with Gasteiger partial charge in [-0.25, -0.2) is 0 Å². The zero-order chi connectivity index (χ0) is 94.5. The van der Waals surface area contributed by atoms with Crippen molar-refractivity contribution in [2.45, 2.75) is 129 Å². The molecule has 0 bridgehead atoms. The lowest BCUT2D eigenvalue weighted by atomic mass is 9.77. The van der Waals surface area contributed by atoms with E-state index in [0.717, 1.165) is 92.3 Å². The highest BCUT2D eigenvalue weighted by atomic mass is 32.2. The number of hydrogen-bond acceptors (Lipinski definition) is 37. The molecule has 4 aromatic heterocycles. The number of benzene rings is 5. The minimum absolute atomic E-state index is 0.0381. The van der Waals surface area contributed by atoms with E-state index in [1.54, 1.807) is 97.4 Å². The molecule has 45 nitrogen and oxygen atoms in total. The Morgan fingerprint density at radius 1 is 0.527 bits per heavy atom. The fourth-order valence-corrected chi connectivity index (χ4v) is 17.1. The van der Waals surface area contributed by atoms with E-state index in [1.165, 1.54) is 17.2 Å². The van der Waals surface area contributed by atoms with Gasteiger partial charge in [-0.05, 0) is 113 Å². The SMILES string of the molecule is CCc1cccc2c3c([nH]c12)C(CC)(CC(=O)SCC(CO[N+](=O)[O-])O[N+](=O)[O-])COC3.COc1ccc2c(c1)c(CC(=O)SCC(CO[N+](=O)[O-])O[N+](=O)[O-])c(C)n2C(=O)c1ccc(C)cc1.Cc1ccc(C(=O)c2ccc(CC(=O)SCC(CO[N+](=O)[O-])O[N+](=O)[O-])n2C)cc1.Cc1ccc(C(=O)c2ccc3n2CCC3C(=O)SCC(CO[N+](=O)[O-])O[N+](=O)[O-])cc1. The molecule has 0 spiro atoms. The van der Waals surface area contributed by atoms with E-state index in [0.29, 0.717) is 100.0 Å². The van der Waals surface area contributed by atoms with Crippen LogP contribution in [0.5, 0.6) is 5.75 Å². The molecule has 0 saturated heterocycles. The van der Waals surface area contributed by atoms with Gasteiger partial charge in [0.25, 0.3) is 46.6 Å². The highest BCUT2D eigenvalue weighted by Gasteiger charge is 2.41. The molecule has 49 heteroatoms. The third kappa shape index (κ3) is 28.9. The molecule has 9 aromatic rings. The van der Waals surface area contributed by atoms with Crippen molar-refractivity contribution in [3.8, 4) is 5.75 Å². The number of thioether (sulfide) groups is 4. The van der Waals surface area contributed by atoms with Crippen LogP contribution < -0.4 is 4.74 Å². The Balaban J connectivity index is 0.000000213. The molecule has 6 unspecified atom stereocenters. The summed E-state index contributed by atoms with van der Waals surface area (Å²) in [6.45, 7) is 10.2. The lowest BCUT2D eigenvalue weighted by Gasteiger charge is -2.36. The highest BCUT2D eigenvalue weighted by Crippen LogP contribution is 2.43. The molecule has 0 radical (unpaired) electrons. The molecule has 0 fully saturated rings. The molecule has 5 aromatic carbocycles. The van der Waals surface area contributed by atoms with Gasteiger partial charge in [0, 0.05) is 116 Å². The second-order valence-electron chi connectivity index (χ2n) is 28.6. The van der Waals surface area contributed by atoms with Gasteiger partial charge in [-0.3, -0.25) is 38.1 Å². The summed E-state index contributed by atoms with van der Waals surface area (Å²) in [5.41, 5.74) is 12.3. The van der Waals surface area contributed by atoms with Gasteiger partial charge in [-0.15, -0.1) is 80.9 Å². The molecular weight excluding hydrogens is 1790 g/mol. The smallest absolute Gasteiger partial charge is 0.294 e. The number of fused-ring (bicyclic) bond motifs is 5. The standard InChI is InChI=1S/C23H23N3O9S.C20H25N3O8S.C19H19N3O8S.C18H19N3O8S/c1-14-4-6-16(7-5-14)23(28)24-15(2)19(20-10-17(33-3)8-9-21(20)24)11-22(27)36-13-18(35-26(31)32)12-34-25(29)30;1-3-13-6-5-7-15-16-10-29-12-20(4-2,19(16)21-18(13)15)8-17(24)32-11-14(31-23(27)28)9-30-22(25)26;1-12-2-4-13(5-3-12)18(23)17-7-6-16-15(8-9-20(16)17)19(24)31-11-14(30-22(27)28)10-29-21(25)26;1-12-3-5-13(6-4-12)18(23)16-8-7-14(19(16)2)9-17(22)30-11-15(29-21(26)27)10-28-20(24)25/h4-10,18H,11-13H2,1-3H3;5-7,14,21H,3-4,8-12H2,1-2H3;2-7,14-15H,8-11H2,1H3;3-8,15H,9-11H2,1-2H3. The fourth-order valence-electron chi connectivity index (χ4n) is 13.7. The molecule has 688 valence electrons. The van der Waals surface area contributed by atoms with E-state index in [2.05, 4.69) is 56.7 Å². The van der Waals surface area contributed by atoms with Crippen molar-refractivity contribution in [1.29, 1.82) is 0 Å². The van der Waals surface area contributed by atoms with Gasteiger partial charge in [0.05, 0.1) is 49.6 Å². The van der Waals surface area contributed by atoms with Crippen LogP contribution in [-0.2, 0) is 107 Å². The quantitative estimate of drug-likeness (QED) is 0.0211. The Morgan fingerprint density at radius 2 is 0.984 bits per heavy atom. The number of carbonyl (C=O) groups excluding carboxylic acids is 7. The van der Waals surface area contributed by atoms with Crippen LogP contribution in [0.25, 0.3) is 21.8 Å². The van der Waals surface area contributed by atoms with Crippen LogP contribution in [0.3, 0.4) is 0 Å². The van der Waals surface area contributed by atoms with E-state index in [4.69, 9.17) is 9.47 Å². The molecule has 129 heavy (non-hydrogen) atoms. The van der Waals surface area contributed by atoms with Crippen molar-refractivity contribution in [3.05, 3.63) is 299 Å². The summed E-state index contributed by atoms with van der Waals surface area (Å²) in [5, 5.41) is 75.5. The van der Waals surface area contributed by atoms with E-state index >= 15 is 0 Å². The minimum Gasteiger partial charge on any atom is -0.497 e. The number of H-pyrrole nitrogens is 1. The first-order valence-corrected chi connectivity index (χ1v) is 42.8. The number of aryl methyl sites for hydroxylation is 4. The maximum atomic E-state index is 13.4. The van der Waals surface area contributed by atoms with Gasteiger partial charge in [0.15, 0.2) is 20.5 Å². The van der Waals surface area contributed by atoms with E-state index in [-0.39, 0.29) is 80.2 Å². The van der Waals surface area contributed by atoms with Gasteiger partial charge in [0.2, 0.25) is 11.6 Å². The third-order valence-corrected chi connectivity index (χ3v) is 24.3. The molecule has 11 rings (SSSR count). The fraction of sp³-hybridized carbons (Fsp3) is 0.388. The Morgan fingerprint density at radius 3 is 1.45 bits per heavy atom. The molecule has 2 aliphatic heterocycles. The third-order valence-electron chi connectivity index (χ3n) is 20.1. The molecule has 6 heterocycles. The van der Waals surface area contributed by atoms with E-state index < -0.39 is 103 Å². The van der Waals surface area contributed by atoms with E-state index in [9.17, 15) is 114 Å². The second-order valence-corrected chi connectivity index (χ2v) is 32.9. The summed E-state index contributed by atoms with van der Waals surface area (Å²) in [4.78, 5) is 211. The number of ketones is 2. The lowest BCUT2D eigenvalue weighted by molar-refractivity contribution is -0.788. The maximum absolute atomic E-state index is 13.4. The monoisotopic (exact) mass is 1870 g/mol. The van der Waals surface area contributed by atoms with Gasteiger partial charge in [-0.2, -0.15) is 0 Å². The number of hydrogen-bond donors (Lipinski definition) is 1. The number of carbonyl (C=O) groups is 7. The average Bonchev–Trinajstić information content (AvgIpc) is 1.59. The predicted octanol–water partition coefficient (Wildman–Crippen LogP) is 11.6. The number of rotatable bonds is 43. The molecule has 6 atom stereocenters. The maximum Gasteiger partial charge on any atom is 0.294 e. The van der Waals surface area contributed by atoms with Crippen molar-refractivity contribution in [1.82, 2.24) is 18.7 Å². The zero-order valence-corrected chi connectivity index (χ0v) is 73.4. The summed E-state index contributed by atoms with van der Waals surface area (Å²) >= 11 is 3.07. The Hall–Kier alpha value is -13.8. The van der Waals surface area contributed by atoms with E-state index in [1.807, 2.05) is 80.8 Å². The number of nitrogens with one attached hydrogen (secondary N) is 1. The molecule has 0 amide bonds. The Bertz CT molecular complexity index is 5610. The topological polar surface area (TPSA) is 587 Å². The van der Waals surface area contributed by atoms with Crippen LogP contribution in [-0.4, -0.2) is 185 Å². The number of aromatic nitrogens is 4. The van der Waals surface area contributed by atoms with Crippen LogP contribution in [0.2, 0.25) is 0 Å². The van der Waals surface area contributed by atoms with Gasteiger partial charge in [0.1, 0.15) is 56.6 Å². The van der Waals surface area contributed by atoms with Crippen LogP contribution in [0.4, 0.5) is 0 Å². The lowest BCUT2D eigenvalue weighted by Crippen LogP contribution is -2.38.